The second-order valence-electron chi connectivity index (χ2n) is 6.21. The summed E-state index contributed by atoms with van der Waals surface area (Å²) in [5.41, 5.74) is 0.747. The Kier molecular flexibility index (Phi) is 5.59. The van der Waals surface area contributed by atoms with Crippen LogP contribution < -0.4 is 5.32 Å². The van der Waals surface area contributed by atoms with E-state index in [9.17, 15) is 26.4 Å². The Balaban J connectivity index is 1.70. The fourth-order valence-electron chi connectivity index (χ4n) is 2.52. The van der Waals surface area contributed by atoms with Crippen LogP contribution in [-0.2, 0) is 16.6 Å². The van der Waals surface area contributed by atoms with Crippen molar-refractivity contribution in [2.45, 2.75) is 35.8 Å². The summed E-state index contributed by atoms with van der Waals surface area (Å²) in [6.45, 7) is -1.25. The van der Waals surface area contributed by atoms with Crippen molar-refractivity contribution < 1.29 is 26.4 Å². The molecule has 0 unspecified atom stereocenters. The second-order valence-corrected chi connectivity index (χ2v) is 9.27. The molecule has 0 saturated heterocycles. The molecular formula is C17H17F3N2O3S2. The normalized spacial score (nSPS) is 15.1. The van der Waals surface area contributed by atoms with Gasteiger partial charge in [0.25, 0.3) is 15.9 Å². The van der Waals surface area contributed by atoms with Gasteiger partial charge in [-0.1, -0.05) is 18.2 Å². The summed E-state index contributed by atoms with van der Waals surface area (Å²) in [7, 11) is -3.60. The van der Waals surface area contributed by atoms with E-state index in [1.165, 1.54) is 16.4 Å². The minimum atomic E-state index is -4.48. The highest BCUT2D eigenvalue weighted by Gasteiger charge is 2.38. The highest BCUT2D eigenvalue weighted by molar-refractivity contribution is 7.91. The Hall–Kier alpha value is -1.91. The number of amides is 1. The molecule has 10 heteroatoms. The van der Waals surface area contributed by atoms with Gasteiger partial charge in [-0.05, 0) is 42.0 Å². The predicted octanol–water partition coefficient (Wildman–Crippen LogP) is 3.39. The lowest BCUT2D eigenvalue weighted by atomic mass is 10.1. The van der Waals surface area contributed by atoms with Gasteiger partial charge in [0.15, 0.2) is 0 Å². The molecule has 146 valence electrons. The zero-order valence-corrected chi connectivity index (χ0v) is 15.7. The van der Waals surface area contributed by atoms with Crippen molar-refractivity contribution in [1.29, 1.82) is 0 Å². The first-order valence-corrected chi connectivity index (χ1v) is 10.5. The molecular weight excluding hydrogens is 401 g/mol. The molecule has 1 aromatic heterocycles. The molecule has 1 aliphatic carbocycles. The summed E-state index contributed by atoms with van der Waals surface area (Å²) in [6.07, 6.45) is -2.89. The van der Waals surface area contributed by atoms with E-state index in [4.69, 9.17) is 0 Å². The van der Waals surface area contributed by atoms with Crippen molar-refractivity contribution in [3.05, 3.63) is 52.9 Å². The van der Waals surface area contributed by atoms with Gasteiger partial charge in [-0.25, -0.2) is 8.42 Å². The fourth-order valence-corrected chi connectivity index (χ4v) is 5.32. The van der Waals surface area contributed by atoms with E-state index in [1.54, 1.807) is 35.0 Å². The van der Waals surface area contributed by atoms with Gasteiger partial charge >= 0.3 is 6.18 Å². The maximum Gasteiger partial charge on any atom is 0.405 e. The molecule has 1 saturated carbocycles. The molecule has 0 atom stereocenters. The predicted molar refractivity (Wildman–Crippen MR) is 94.9 cm³/mol. The highest BCUT2D eigenvalue weighted by atomic mass is 32.2. The number of carbonyl (C=O) groups excluding carboxylic acids is 1. The Labute approximate surface area is 158 Å². The van der Waals surface area contributed by atoms with E-state index in [2.05, 4.69) is 0 Å². The molecule has 3 rings (SSSR count). The van der Waals surface area contributed by atoms with Crippen LogP contribution in [0, 0.1) is 0 Å². The van der Waals surface area contributed by atoms with Gasteiger partial charge in [-0.2, -0.15) is 17.5 Å². The highest BCUT2D eigenvalue weighted by Crippen LogP contribution is 2.34. The van der Waals surface area contributed by atoms with E-state index in [0.29, 0.717) is 5.56 Å². The zero-order valence-electron chi connectivity index (χ0n) is 14.1. The van der Waals surface area contributed by atoms with E-state index < -0.39 is 28.7 Å². The number of nitrogens with zero attached hydrogens (tertiary/aromatic N) is 1. The van der Waals surface area contributed by atoms with E-state index in [-0.39, 0.29) is 22.4 Å². The molecule has 0 spiro atoms. The first-order chi connectivity index (χ1) is 12.7. The molecule has 0 bridgehead atoms. The van der Waals surface area contributed by atoms with Crippen molar-refractivity contribution in [3.8, 4) is 0 Å². The zero-order chi connectivity index (χ0) is 19.7. The number of hydrogen-bond donors (Lipinski definition) is 1. The topological polar surface area (TPSA) is 66.5 Å². The summed E-state index contributed by atoms with van der Waals surface area (Å²) in [5.74, 6) is -0.830. The molecule has 1 aliphatic rings. The van der Waals surface area contributed by atoms with Gasteiger partial charge in [0.1, 0.15) is 10.8 Å². The largest absolute Gasteiger partial charge is 0.405 e. The third kappa shape index (κ3) is 5.08. The molecule has 1 fully saturated rings. The number of rotatable bonds is 7. The van der Waals surface area contributed by atoms with E-state index in [1.807, 2.05) is 0 Å². The van der Waals surface area contributed by atoms with Crippen LogP contribution in [-0.4, -0.2) is 37.4 Å². The maximum atomic E-state index is 12.8. The van der Waals surface area contributed by atoms with Gasteiger partial charge < -0.3 is 5.32 Å². The van der Waals surface area contributed by atoms with Crippen LogP contribution in [0.5, 0.6) is 0 Å². The van der Waals surface area contributed by atoms with Crippen LogP contribution in [0.3, 0.4) is 0 Å². The van der Waals surface area contributed by atoms with Gasteiger partial charge in [0, 0.05) is 18.2 Å². The number of alkyl halides is 3. The summed E-state index contributed by atoms with van der Waals surface area (Å²) < 4.78 is 63.8. The first-order valence-electron chi connectivity index (χ1n) is 8.16. The van der Waals surface area contributed by atoms with Crippen LogP contribution in [0.2, 0.25) is 0 Å². The van der Waals surface area contributed by atoms with Crippen LogP contribution in [0.25, 0.3) is 0 Å². The average Bonchev–Trinajstić information content (AvgIpc) is 3.28. The lowest BCUT2D eigenvalue weighted by Gasteiger charge is -2.21. The van der Waals surface area contributed by atoms with Crippen LogP contribution in [0.1, 0.15) is 28.8 Å². The average molecular weight is 418 g/mol. The number of sulfonamides is 1. The minimum absolute atomic E-state index is 0.0492. The maximum absolute atomic E-state index is 12.8. The summed E-state index contributed by atoms with van der Waals surface area (Å²) in [5, 5.41) is 3.50. The van der Waals surface area contributed by atoms with Crippen molar-refractivity contribution in [2.24, 2.45) is 0 Å². The third-order valence-electron chi connectivity index (χ3n) is 4.02. The minimum Gasteiger partial charge on any atom is -0.343 e. The number of thiophene rings is 1. The Bertz CT molecular complexity index is 891. The number of halogens is 3. The molecule has 1 amide bonds. The lowest BCUT2D eigenvalue weighted by Crippen LogP contribution is -2.33. The molecule has 2 aromatic rings. The summed E-state index contributed by atoms with van der Waals surface area (Å²) in [6, 6.07) is 9.09. The van der Waals surface area contributed by atoms with Gasteiger partial charge in [-0.3, -0.25) is 4.79 Å². The SMILES string of the molecule is O=C(NCC(F)(F)F)c1ccc(CN(C2CC2)S(=O)(=O)c2cccs2)cc1. The Morgan fingerprint density at radius 1 is 1.19 bits per heavy atom. The molecule has 1 N–H and O–H groups in total. The molecule has 5 nitrogen and oxygen atoms in total. The van der Waals surface area contributed by atoms with Crippen molar-refractivity contribution in [2.75, 3.05) is 6.54 Å². The Morgan fingerprint density at radius 2 is 1.85 bits per heavy atom. The van der Waals surface area contributed by atoms with Crippen molar-refractivity contribution >= 4 is 27.3 Å². The molecule has 1 heterocycles. The van der Waals surface area contributed by atoms with Crippen LogP contribution in [0.4, 0.5) is 13.2 Å². The molecule has 0 radical (unpaired) electrons. The summed E-state index contributed by atoms with van der Waals surface area (Å²) in [4.78, 5) is 11.7. The number of hydrogen-bond acceptors (Lipinski definition) is 4. The smallest absolute Gasteiger partial charge is 0.343 e. The second kappa shape index (κ2) is 7.61. The van der Waals surface area contributed by atoms with E-state index >= 15 is 0 Å². The van der Waals surface area contributed by atoms with E-state index in [0.717, 1.165) is 24.2 Å². The first kappa shape index (κ1) is 19.8. The quantitative estimate of drug-likeness (QED) is 0.750. The third-order valence-corrected chi connectivity index (χ3v) is 7.29. The number of nitrogens with one attached hydrogen (secondary N) is 1. The number of benzene rings is 1. The standard InChI is InChI=1S/C17H17F3N2O3S2/c18-17(19,20)11-21-16(23)13-5-3-12(4-6-13)10-22(14-7-8-14)27(24,25)15-2-1-9-26-15/h1-6,9,14H,7-8,10-11H2,(H,21,23). The van der Waals surface area contributed by atoms with Crippen LogP contribution >= 0.6 is 11.3 Å². The molecule has 1 aromatic carbocycles. The molecule has 0 aliphatic heterocycles. The van der Waals surface area contributed by atoms with Gasteiger partial charge in [0.05, 0.1) is 0 Å². The van der Waals surface area contributed by atoms with Crippen molar-refractivity contribution in [3.63, 3.8) is 0 Å². The van der Waals surface area contributed by atoms with Crippen molar-refractivity contribution in [1.82, 2.24) is 9.62 Å². The monoisotopic (exact) mass is 418 g/mol. The number of carbonyl (C=O) groups is 1. The Morgan fingerprint density at radius 3 is 2.37 bits per heavy atom. The van der Waals surface area contributed by atoms with Gasteiger partial charge in [0.2, 0.25) is 0 Å². The summed E-state index contributed by atoms with van der Waals surface area (Å²) >= 11 is 1.15. The molecule has 27 heavy (non-hydrogen) atoms. The lowest BCUT2D eigenvalue weighted by molar-refractivity contribution is -0.123. The van der Waals surface area contributed by atoms with Crippen LogP contribution in [0.15, 0.2) is 46.0 Å². The van der Waals surface area contributed by atoms with Gasteiger partial charge in [-0.15, -0.1) is 11.3 Å². The fraction of sp³-hybridized carbons (Fsp3) is 0.353.